The van der Waals surface area contributed by atoms with Crippen LogP contribution < -0.4 is 5.73 Å². The Bertz CT molecular complexity index is 296. The maximum absolute atomic E-state index is 13.7. The van der Waals surface area contributed by atoms with Crippen LogP contribution in [0.2, 0.25) is 0 Å². The van der Waals surface area contributed by atoms with Crippen LogP contribution >= 0.6 is 0 Å². The summed E-state index contributed by atoms with van der Waals surface area (Å²) in [6.45, 7) is 1.88. The lowest BCUT2D eigenvalue weighted by atomic mass is 9.60. The molecule has 0 heterocycles. The molecule has 0 aromatic rings. The maximum atomic E-state index is 13.7. The zero-order chi connectivity index (χ0) is 11.9. The van der Waals surface area contributed by atoms with Gasteiger partial charge in [-0.2, -0.15) is 0 Å². The molecule has 0 radical (unpaired) electrons. The monoisotopic (exact) mass is 233 g/mol. The smallest absolute Gasteiger partial charge is 0.311 e. The largest absolute Gasteiger partial charge is 0.466 e. The van der Waals surface area contributed by atoms with E-state index in [0.29, 0.717) is 12.8 Å². The number of rotatable bonds is 2. The molecular weight excluding hydrogens is 216 g/mol. The average molecular weight is 233 g/mol. The summed E-state index contributed by atoms with van der Waals surface area (Å²) in [5.74, 6) is -5.29. The van der Waals surface area contributed by atoms with Gasteiger partial charge in [0.25, 0.3) is 5.92 Å². The van der Waals surface area contributed by atoms with Gasteiger partial charge in [0.2, 0.25) is 0 Å². The van der Waals surface area contributed by atoms with Crippen molar-refractivity contribution < 1.29 is 18.3 Å². The Kier molecular flexibility index (Phi) is 2.90. The van der Waals surface area contributed by atoms with Crippen LogP contribution in [0.3, 0.4) is 0 Å². The van der Waals surface area contributed by atoms with Crippen LogP contribution in [0, 0.1) is 17.8 Å². The number of carbonyl (C=O) groups is 1. The van der Waals surface area contributed by atoms with E-state index in [9.17, 15) is 13.6 Å². The van der Waals surface area contributed by atoms with E-state index >= 15 is 0 Å². The quantitative estimate of drug-likeness (QED) is 0.736. The normalized spacial score (nSPS) is 40.8. The molecule has 3 aliphatic carbocycles. The Morgan fingerprint density at radius 1 is 1.50 bits per heavy atom. The minimum absolute atomic E-state index is 0.172. The van der Waals surface area contributed by atoms with Crippen molar-refractivity contribution in [2.24, 2.45) is 23.5 Å². The number of hydrogen-bond donors (Lipinski definition) is 1. The Morgan fingerprint density at radius 2 is 2.19 bits per heavy atom. The third-order valence-corrected chi connectivity index (χ3v) is 3.88. The zero-order valence-corrected chi connectivity index (χ0v) is 9.29. The fourth-order valence-corrected chi connectivity index (χ4v) is 3.10. The molecule has 5 heteroatoms. The molecule has 16 heavy (non-hydrogen) atoms. The van der Waals surface area contributed by atoms with E-state index in [1.807, 2.05) is 0 Å². The topological polar surface area (TPSA) is 52.3 Å². The predicted octanol–water partition coefficient (Wildman–Crippen LogP) is 1.56. The van der Waals surface area contributed by atoms with Gasteiger partial charge in [-0.05, 0) is 25.7 Å². The second-order valence-corrected chi connectivity index (χ2v) is 4.76. The van der Waals surface area contributed by atoms with E-state index in [0.717, 1.165) is 0 Å². The van der Waals surface area contributed by atoms with Crippen LogP contribution in [-0.2, 0) is 9.53 Å². The first-order valence-electron chi connectivity index (χ1n) is 5.77. The van der Waals surface area contributed by atoms with E-state index in [1.165, 1.54) is 0 Å². The number of nitrogens with two attached hydrogens (primary N) is 1. The zero-order valence-electron chi connectivity index (χ0n) is 9.29. The Balaban J connectivity index is 2.21. The summed E-state index contributed by atoms with van der Waals surface area (Å²) in [5.41, 5.74) is 5.88. The highest BCUT2D eigenvalue weighted by atomic mass is 19.3. The van der Waals surface area contributed by atoms with Gasteiger partial charge in [-0.1, -0.05) is 0 Å². The van der Waals surface area contributed by atoms with Gasteiger partial charge in [0.15, 0.2) is 0 Å². The third kappa shape index (κ3) is 1.71. The van der Waals surface area contributed by atoms with Gasteiger partial charge in [-0.3, -0.25) is 4.79 Å². The molecule has 2 bridgehead atoms. The van der Waals surface area contributed by atoms with Gasteiger partial charge in [0.1, 0.15) is 0 Å². The maximum Gasteiger partial charge on any atom is 0.311 e. The molecule has 2 N–H and O–H groups in total. The molecule has 4 atom stereocenters. The van der Waals surface area contributed by atoms with Crippen molar-refractivity contribution in [3.63, 3.8) is 0 Å². The summed E-state index contributed by atoms with van der Waals surface area (Å²) in [6.07, 6.45) is 0.918. The number of ether oxygens (including phenoxy) is 1. The number of fused-ring (bicyclic) bond motifs is 3. The number of hydrogen-bond acceptors (Lipinski definition) is 3. The number of esters is 1. The SMILES string of the molecule is CCOC(=O)C1[C@@H](N)[C@@H]2CC[C@H]1C(F)(F)C2. The standard InChI is InChI=1S/C11H17F2NO2/c1-2-16-10(15)8-7-4-3-6(9(8)14)5-11(7,12)13/h6-9H,2-5,14H2,1H3/t6-,7-,8?,9+/m1/s1. The van der Waals surface area contributed by atoms with Gasteiger partial charge >= 0.3 is 5.97 Å². The molecule has 0 aliphatic heterocycles. The second-order valence-electron chi connectivity index (χ2n) is 4.76. The lowest BCUT2D eigenvalue weighted by molar-refractivity contribution is -0.188. The molecule has 3 aliphatic rings. The van der Waals surface area contributed by atoms with Gasteiger partial charge in [0, 0.05) is 18.4 Å². The number of alkyl halides is 2. The highest BCUT2D eigenvalue weighted by Crippen LogP contribution is 2.52. The van der Waals surface area contributed by atoms with Crippen molar-refractivity contribution in [2.75, 3.05) is 6.61 Å². The van der Waals surface area contributed by atoms with E-state index in [1.54, 1.807) is 6.92 Å². The molecule has 0 aromatic heterocycles. The fraction of sp³-hybridized carbons (Fsp3) is 0.909. The molecule has 3 rings (SSSR count). The van der Waals surface area contributed by atoms with Gasteiger partial charge in [-0.15, -0.1) is 0 Å². The summed E-state index contributed by atoms with van der Waals surface area (Å²) >= 11 is 0. The summed E-state index contributed by atoms with van der Waals surface area (Å²) in [5, 5.41) is 0. The molecule has 0 aromatic carbocycles. The summed E-state index contributed by atoms with van der Waals surface area (Å²) in [7, 11) is 0. The highest BCUT2D eigenvalue weighted by molar-refractivity contribution is 5.74. The Hall–Kier alpha value is -0.710. The second kappa shape index (κ2) is 3.95. The van der Waals surface area contributed by atoms with Gasteiger partial charge < -0.3 is 10.5 Å². The minimum Gasteiger partial charge on any atom is -0.466 e. The Morgan fingerprint density at radius 3 is 2.75 bits per heavy atom. The van der Waals surface area contributed by atoms with Gasteiger partial charge in [-0.25, -0.2) is 8.78 Å². The molecular formula is C11H17F2NO2. The lowest BCUT2D eigenvalue weighted by Crippen LogP contribution is -2.60. The molecule has 0 spiro atoms. The first kappa shape index (κ1) is 11.8. The summed E-state index contributed by atoms with van der Waals surface area (Å²) in [4.78, 5) is 11.7. The molecule has 1 unspecified atom stereocenters. The first-order valence-corrected chi connectivity index (χ1v) is 5.77. The van der Waals surface area contributed by atoms with Crippen molar-refractivity contribution in [1.29, 1.82) is 0 Å². The van der Waals surface area contributed by atoms with Crippen LogP contribution in [0.25, 0.3) is 0 Å². The van der Waals surface area contributed by atoms with Gasteiger partial charge in [0.05, 0.1) is 12.5 Å². The predicted molar refractivity (Wildman–Crippen MR) is 53.9 cm³/mol. The van der Waals surface area contributed by atoms with E-state index < -0.39 is 29.8 Å². The van der Waals surface area contributed by atoms with Crippen molar-refractivity contribution in [3.8, 4) is 0 Å². The van der Waals surface area contributed by atoms with E-state index in [-0.39, 0.29) is 18.9 Å². The molecule has 0 saturated heterocycles. The molecule has 0 amide bonds. The molecule has 92 valence electrons. The molecule has 3 saturated carbocycles. The first-order chi connectivity index (χ1) is 7.47. The fourth-order valence-electron chi connectivity index (χ4n) is 3.10. The van der Waals surface area contributed by atoms with Crippen LogP contribution in [0.1, 0.15) is 26.2 Å². The van der Waals surface area contributed by atoms with Crippen molar-refractivity contribution in [3.05, 3.63) is 0 Å². The molecule has 3 nitrogen and oxygen atoms in total. The van der Waals surface area contributed by atoms with E-state index in [4.69, 9.17) is 10.5 Å². The number of carbonyl (C=O) groups excluding carboxylic acids is 1. The number of halogens is 2. The van der Waals surface area contributed by atoms with Crippen molar-refractivity contribution >= 4 is 5.97 Å². The third-order valence-electron chi connectivity index (χ3n) is 3.88. The van der Waals surface area contributed by atoms with Crippen LogP contribution in [0.15, 0.2) is 0 Å². The van der Waals surface area contributed by atoms with E-state index in [2.05, 4.69) is 0 Å². The van der Waals surface area contributed by atoms with Crippen molar-refractivity contribution in [1.82, 2.24) is 0 Å². The van der Waals surface area contributed by atoms with Crippen LogP contribution in [-0.4, -0.2) is 24.5 Å². The lowest BCUT2D eigenvalue weighted by Gasteiger charge is -2.49. The van der Waals surface area contributed by atoms with Crippen molar-refractivity contribution in [2.45, 2.75) is 38.2 Å². The highest BCUT2D eigenvalue weighted by Gasteiger charge is 2.59. The van der Waals surface area contributed by atoms with Crippen LogP contribution in [0.4, 0.5) is 8.78 Å². The summed E-state index contributed by atoms with van der Waals surface area (Å²) in [6, 6.07) is -0.461. The average Bonchev–Trinajstić information content (AvgIpc) is 2.19. The Labute approximate surface area is 93.3 Å². The van der Waals surface area contributed by atoms with Crippen LogP contribution in [0.5, 0.6) is 0 Å². The molecule has 3 fully saturated rings. The minimum atomic E-state index is -2.75. The summed E-state index contributed by atoms with van der Waals surface area (Å²) < 4.78 is 32.2.